The molecule has 0 saturated heterocycles. The average molecular weight is 497 g/mol. The first-order chi connectivity index (χ1) is 17.2. The smallest absolute Gasteiger partial charge is 0.257 e. The van der Waals surface area contributed by atoms with Crippen LogP contribution in [-0.2, 0) is 20.7 Å². The van der Waals surface area contributed by atoms with E-state index in [1.807, 2.05) is 30.9 Å². The number of carbonyl (C=O) groups excluding carboxylic acids is 3. The van der Waals surface area contributed by atoms with E-state index in [9.17, 15) is 14.4 Å². The summed E-state index contributed by atoms with van der Waals surface area (Å²) in [7, 11) is 3.33. The minimum atomic E-state index is -0.286. The third kappa shape index (κ3) is 6.81. The van der Waals surface area contributed by atoms with Gasteiger partial charge in [0.2, 0.25) is 11.8 Å². The Morgan fingerprint density at radius 1 is 1.22 bits per heavy atom. The number of hydrogen-bond acceptors (Lipinski definition) is 6. The van der Waals surface area contributed by atoms with Gasteiger partial charge in [0.15, 0.2) is 0 Å². The van der Waals surface area contributed by atoms with Crippen molar-refractivity contribution in [3.8, 4) is 5.75 Å². The first kappa shape index (κ1) is 27.1. The lowest BCUT2D eigenvalue weighted by Crippen LogP contribution is -2.49. The number of nitrogens with one attached hydrogen (secondary N) is 1. The van der Waals surface area contributed by atoms with Crippen LogP contribution >= 0.6 is 0 Å². The molecule has 9 heteroatoms. The predicted molar refractivity (Wildman–Crippen MR) is 137 cm³/mol. The second kappa shape index (κ2) is 12.5. The van der Waals surface area contributed by atoms with E-state index >= 15 is 0 Å². The minimum absolute atomic E-state index is 0.0276. The number of fused-ring (bicyclic) bond motifs is 1. The molecule has 0 aliphatic carbocycles. The zero-order valence-electron chi connectivity index (χ0n) is 21.7. The van der Waals surface area contributed by atoms with Crippen LogP contribution in [0.4, 0.5) is 5.69 Å². The number of anilines is 1. The molecule has 0 fully saturated rings. The first-order valence-electron chi connectivity index (χ1n) is 12.3. The van der Waals surface area contributed by atoms with E-state index in [2.05, 4.69) is 10.3 Å². The molecule has 1 aromatic heterocycles. The number of amides is 3. The summed E-state index contributed by atoms with van der Waals surface area (Å²) in [4.78, 5) is 46.2. The predicted octanol–water partition coefficient (Wildman–Crippen LogP) is 3.01. The van der Waals surface area contributed by atoms with Crippen molar-refractivity contribution in [2.45, 2.75) is 45.8 Å². The molecule has 0 spiro atoms. The van der Waals surface area contributed by atoms with Crippen molar-refractivity contribution in [2.24, 2.45) is 5.92 Å². The van der Waals surface area contributed by atoms with Gasteiger partial charge in [-0.25, -0.2) is 0 Å². The Bertz CT molecular complexity index is 1060. The Hall–Kier alpha value is -3.46. The molecule has 194 valence electrons. The van der Waals surface area contributed by atoms with Crippen LogP contribution in [0.5, 0.6) is 5.75 Å². The summed E-state index contributed by atoms with van der Waals surface area (Å²) in [6, 6.07) is 8.47. The standard InChI is InChI=1S/C27H36N4O5/c1-6-25(32)29-21-9-10-23-22(13-21)27(34)30(4)16-24(35-5)18(2)15-31(19(3)17-36-23)26(33)12-20-8-7-11-28-14-20/h7-11,13-14,18-19,24H,6,12,15-17H2,1-5H3,(H,29,32)/t18-,19-,24-/m0/s1. The van der Waals surface area contributed by atoms with E-state index in [1.54, 1.807) is 56.6 Å². The van der Waals surface area contributed by atoms with Gasteiger partial charge >= 0.3 is 0 Å². The van der Waals surface area contributed by atoms with E-state index in [1.165, 1.54) is 0 Å². The summed E-state index contributed by atoms with van der Waals surface area (Å²) in [5.74, 6) is -0.0470. The van der Waals surface area contributed by atoms with Gasteiger partial charge in [-0.3, -0.25) is 19.4 Å². The molecule has 3 atom stereocenters. The number of hydrogen-bond donors (Lipinski definition) is 1. The van der Waals surface area contributed by atoms with Crippen molar-refractivity contribution in [1.82, 2.24) is 14.8 Å². The molecular weight excluding hydrogens is 460 g/mol. The lowest BCUT2D eigenvalue weighted by molar-refractivity contribution is -0.134. The second-order valence-electron chi connectivity index (χ2n) is 9.29. The fourth-order valence-corrected chi connectivity index (χ4v) is 4.23. The molecule has 1 aromatic carbocycles. The third-order valence-corrected chi connectivity index (χ3v) is 6.45. The maximum absolute atomic E-state index is 13.4. The Balaban J connectivity index is 1.93. The molecule has 0 saturated carbocycles. The normalized spacial score (nSPS) is 21.0. The second-order valence-corrected chi connectivity index (χ2v) is 9.29. The number of pyridine rings is 1. The molecule has 0 bridgehead atoms. The van der Waals surface area contributed by atoms with Gasteiger partial charge in [-0.15, -0.1) is 0 Å². The average Bonchev–Trinajstić information content (AvgIpc) is 2.88. The number of aromatic nitrogens is 1. The maximum Gasteiger partial charge on any atom is 0.257 e. The number of benzene rings is 1. The van der Waals surface area contributed by atoms with E-state index in [-0.39, 0.29) is 48.8 Å². The summed E-state index contributed by atoms with van der Waals surface area (Å²) in [6.45, 7) is 6.71. The topological polar surface area (TPSA) is 101 Å². The molecule has 1 aliphatic heterocycles. The van der Waals surface area contributed by atoms with Crippen molar-refractivity contribution in [3.63, 3.8) is 0 Å². The molecule has 1 N–H and O–H groups in total. The zero-order chi connectivity index (χ0) is 26.2. The molecular formula is C27H36N4O5. The van der Waals surface area contributed by atoms with E-state index in [0.717, 1.165) is 5.56 Å². The van der Waals surface area contributed by atoms with Crippen molar-refractivity contribution in [1.29, 1.82) is 0 Å². The summed E-state index contributed by atoms with van der Waals surface area (Å²) >= 11 is 0. The number of methoxy groups -OCH3 is 1. The van der Waals surface area contributed by atoms with Gasteiger partial charge in [0.25, 0.3) is 5.91 Å². The van der Waals surface area contributed by atoms with Crippen LogP contribution in [0.1, 0.15) is 43.1 Å². The Morgan fingerprint density at radius 3 is 2.67 bits per heavy atom. The number of likely N-dealkylation sites (N-methyl/N-ethyl adjacent to an activating group) is 1. The highest BCUT2D eigenvalue weighted by molar-refractivity contribution is 5.99. The minimum Gasteiger partial charge on any atom is -0.491 e. The fourth-order valence-electron chi connectivity index (χ4n) is 4.23. The van der Waals surface area contributed by atoms with Crippen molar-refractivity contribution < 1.29 is 23.9 Å². The van der Waals surface area contributed by atoms with Crippen LogP contribution in [0.15, 0.2) is 42.7 Å². The molecule has 0 unspecified atom stereocenters. The molecule has 3 amide bonds. The van der Waals surface area contributed by atoms with Gasteiger partial charge in [0, 0.05) is 57.7 Å². The lowest BCUT2D eigenvalue weighted by Gasteiger charge is -2.36. The van der Waals surface area contributed by atoms with E-state index in [4.69, 9.17) is 9.47 Å². The fraction of sp³-hybridized carbons (Fsp3) is 0.481. The van der Waals surface area contributed by atoms with Crippen LogP contribution in [0.2, 0.25) is 0 Å². The van der Waals surface area contributed by atoms with Crippen LogP contribution in [0, 0.1) is 5.92 Å². The van der Waals surface area contributed by atoms with E-state index < -0.39 is 0 Å². The summed E-state index contributed by atoms with van der Waals surface area (Å²) < 4.78 is 11.9. The SMILES string of the molecule is CCC(=O)Nc1ccc2c(c1)C(=O)N(C)C[C@H](OC)[C@@H](C)CN(C(=O)Cc1cccnc1)[C@@H](C)CO2. The highest BCUT2D eigenvalue weighted by Crippen LogP contribution is 2.26. The molecule has 1 aliphatic rings. The number of ether oxygens (including phenoxy) is 2. The molecule has 2 aromatic rings. The van der Waals surface area contributed by atoms with Crippen LogP contribution in [0.3, 0.4) is 0 Å². The van der Waals surface area contributed by atoms with Crippen LogP contribution in [-0.4, -0.2) is 78.5 Å². The summed E-state index contributed by atoms with van der Waals surface area (Å²) in [5, 5.41) is 2.80. The first-order valence-corrected chi connectivity index (χ1v) is 12.3. The van der Waals surface area contributed by atoms with Crippen molar-refractivity contribution >= 4 is 23.4 Å². The van der Waals surface area contributed by atoms with Gasteiger partial charge in [-0.05, 0) is 36.8 Å². The van der Waals surface area contributed by atoms with Crippen molar-refractivity contribution in [3.05, 3.63) is 53.9 Å². The molecule has 2 heterocycles. The molecule has 0 radical (unpaired) electrons. The number of rotatable bonds is 5. The summed E-state index contributed by atoms with van der Waals surface area (Å²) in [5.41, 5.74) is 1.71. The Labute approximate surface area is 212 Å². The maximum atomic E-state index is 13.4. The largest absolute Gasteiger partial charge is 0.491 e. The quantitative estimate of drug-likeness (QED) is 0.683. The van der Waals surface area contributed by atoms with Gasteiger partial charge in [-0.2, -0.15) is 0 Å². The summed E-state index contributed by atoms with van der Waals surface area (Å²) in [6.07, 6.45) is 3.66. The lowest BCUT2D eigenvalue weighted by atomic mass is 10.0. The van der Waals surface area contributed by atoms with Crippen LogP contribution in [0.25, 0.3) is 0 Å². The Morgan fingerprint density at radius 2 is 2.00 bits per heavy atom. The molecule has 3 rings (SSSR count). The number of carbonyl (C=O) groups is 3. The van der Waals surface area contributed by atoms with Gasteiger partial charge in [0.1, 0.15) is 12.4 Å². The number of nitrogens with zero attached hydrogens (tertiary/aromatic N) is 3. The van der Waals surface area contributed by atoms with Gasteiger partial charge in [0.05, 0.1) is 24.1 Å². The van der Waals surface area contributed by atoms with Gasteiger partial charge in [-0.1, -0.05) is 19.9 Å². The molecule has 9 nitrogen and oxygen atoms in total. The third-order valence-electron chi connectivity index (χ3n) is 6.45. The van der Waals surface area contributed by atoms with Crippen LogP contribution < -0.4 is 10.1 Å². The zero-order valence-corrected chi connectivity index (χ0v) is 21.7. The van der Waals surface area contributed by atoms with Crippen molar-refractivity contribution in [2.75, 3.05) is 39.2 Å². The molecule has 36 heavy (non-hydrogen) atoms. The van der Waals surface area contributed by atoms with E-state index in [0.29, 0.717) is 36.5 Å². The highest BCUT2D eigenvalue weighted by atomic mass is 16.5. The monoisotopic (exact) mass is 496 g/mol. The Kier molecular flexibility index (Phi) is 9.41. The van der Waals surface area contributed by atoms with Gasteiger partial charge < -0.3 is 24.6 Å². The highest BCUT2D eigenvalue weighted by Gasteiger charge is 2.30.